The maximum Gasteiger partial charge on any atom is 0.0112 e. The molecular formula is C15H35N3. The molecule has 0 radical (unpaired) electrons. The Balaban J connectivity index is 4.00. The van der Waals surface area contributed by atoms with E-state index in [1.165, 1.54) is 25.9 Å². The lowest BCUT2D eigenvalue weighted by molar-refractivity contribution is 0.161. The van der Waals surface area contributed by atoms with Crippen LogP contribution in [-0.4, -0.2) is 62.7 Å². The van der Waals surface area contributed by atoms with E-state index in [0.717, 1.165) is 25.6 Å². The van der Waals surface area contributed by atoms with E-state index in [-0.39, 0.29) is 0 Å². The fourth-order valence-corrected chi connectivity index (χ4v) is 2.17. The summed E-state index contributed by atoms with van der Waals surface area (Å²) in [6, 6.07) is 0.700. The number of likely N-dealkylation sites (N-methyl/N-ethyl adjacent to an activating group) is 1. The Kier molecular flexibility index (Phi) is 10.7. The second kappa shape index (κ2) is 10.8. The van der Waals surface area contributed by atoms with E-state index >= 15 is 0 Å². The second-order valence-electron chi connectivity index (χ2n) is 6.04. The van der Waals surface area contributed by atoms with Crippen molar-refractivity contribution in [2.45, 2.75) is 46.6 Å². The van der Waals surface area contributed by atoms with Crippen molar-refractivity contribution < 1.29 is 0 Å². The standard InChI is InChI=1S/C15H35N3/c1-7-16-10-8-9-15(4)18(13-14(2)3)12-11-17(5)6/h14-16H,7-13H2,1-6H3. The molecule has 0 amide bonds. The van der Waals surface area contributed by atoms with Crippen molar-refractivity contribution in [3.05, 3.63) is 0 Å². The Labute approximate surface area is 115 Å². The third-order valence-electron chi connectivity index (χ3n) is 3.28. The largest absolute Gasteiger partial charge is 0.317 e. The van der Waals surface area contributed by atoms with E-state index in [2.05, 4.69) is 56.9 Å². The highest BCUT2D eigenvalue weighted by atomic mass is 15.2. The minimum Gasteiger partial charge on any atom is -0.317 e. The van der Waals surface area contributed by atoms with Gasteiger partial charge < -0.3 is 10.2 Å². The molecule has 0 saturated heterocycles. The van der Waals surface area contributed by atoms with Crippen molar-refractivity contribution in [1.82, 2.24) is 15.1 Å². The van der Waals surface area contributed by atoms with Gasteiger partial charge in [-0.2, -0.15) is 0 Å². The number of nitrogens with zero attached hydrogens (tertiary/aromatic N) is 2. The lowest BCUT2D eigenvalue weighted by Gasteiger charge is -2.31. The van der Waals surface area contributed by atoms with Crippen molar-refractivity contribution in [1.29, 1.82) is 0 Å². The predicted octanol–water partition coefficient (Wildman–Crippen LogP) is 2.28. The summed E-state index contributed by atoms with van der Waals surface area (Å²) in [5.74, 6) is 0.753. The van der Waals surface area contributed by atoms with Gasteiger partial charge in [-0.05, 0) is 52.9 Å². The highest BCUT2D eigenvalue weighted by Gasteiger charge is 2.14. The van der Waals surface area contributed by atoms with Crippen molar-refractivity contribution in [2.75, 3.05) is 46.8 Å². The second-order valence-corrected chi connectivity index (χ2v) is 6.04. The zero-order valence-corrected chi connectivity index (χ0v) is 13.5. The van der Waals surface area contributed by atoms with Crippen LogP contribution in [0.5, 0.6) is 0 Å². The van der Waals surface area contributed by atoms with Crippen LogP contribution >= 0.6 is 0 Å². The zero-order valence-electron chi connectivity index (χ0n) is 13.5. The molecule has 0 bridgehead atoms. The Morgan fingerprint density at radius 3 is 2.22 bits per heavy atom. The van der Waals surface area contributed by atoms with Crippen LogP contribution in [0.3, 0.4) is 0 Å². The molecule has 18 heavy (non-hydrogen) atoms. The summed E-state index contributed by atoms with van der Waals surface area (Å²) >= 11 is 0. The smallest absolute Gasteiger partial charge is 0.0112 e. The summed E-state index contributed by atoms with van der Waals surface area (Å²) in [6.07, 6.45) is 2.58. The molecule has 0 aliphatic carbocycles. The van der Waals surface area contributed by atoms with Crippen LogP contribution < -0.4 is 5.32 Å². The van der Waals surface area contributed by atoms with Crippen LogP contribution in [0, 0.1) is 5.92 Å². The molecule has 0 fully saturated rings. The summed E-state index contributed by atoms with van der Waals surface area (Å²) in [6.45, 7) is 15.0. The molecule has 0 spiro atoms. The van der Waals surface area contributed by atoms with Gasteiger partial charge in [-0.1, -0.05) is 20.8 Å². The molecule has 0 heterocycles. The number of rotatable bonds is 11. The molecule has 1 atom stereocenters. The maximum atomic E-state index is 3.41. The Morgan fingerprint density at radius 1 is 1.06 bits per heavy atom. The predicted molar refractivity (Wildman–Crippen MR) is 82.2 cm³/mol. The van der Waals surface area contributed by atoms with Gasteiger partial charge >= 0.3 is 0 Å². The van der Waals surface area contributed by atoms with Crippen LogP contribution in [0.25, 0.3) is 0 Å². The first kappa shape index (κ1) is 17.9. The van der Waals surface area contributed by atoms with Crippen LogP contribution in [0.1, 0.15) is 40.5 Å². The average Bonchev–Trinajstić information content (AvgIpc) is 2.29. The molecule has 110 valence electrons. The summed E-state index contributed by atoms with van der Waals surface area (Å²) in [5, 5.41) is 3.41. The van der Waals surface area contributed by atoms with Crippen LogP contribution in [0.4, 0.5) is 0 Å². The minimum absolute atomic E-state index is 0.700. The molecular weight excluding hydrogens is 222 g/mol. The lowest BCUT2D eigenvalue weighted by atomic mass is 10.1. The zero-order chi connectivity index (χ0) is 14.0. The fourth-order valence-electron chi connectivity index (χ4n) is 2.17. The molecule has 1 unspecified atom stereocenters. The molecule has 0 aliphatic heterocycles. The number of hydrogen-bond donors (Lipinski definition) is 1. The minimum atomic E-state index is 0.700. The van der Waals surface area contributed by atoms with Gasteiger partial charge in [-0.15, -0.1) is 0 Å². The summed E-state index contributed by atoms with van der Waals surface area (Å²) in [4.78, 5) is 4.93. The van der Waals surface area contributed by atoms with Crippen molar-refractivity contribution in [3.8, 4) is 0 Å². The van der Waals surface area contributed by atoms with Gasteiger partial charge in [0.15, 0.2) is 0 Å². The molecule has 0 aromatic rings. The van der Waals surface area contributed by atoms with Gasteiger partial charge in [-0.25, -0.2) is 0 Å². The molecule has 0 saturated carbocycles. The molecule has 3 nitrogen and oxygen atoms in total. The molecule has 0 aromatic heterocycles. The third kappa shape index (κ3) is 9.86. The van der Waals surface area contributed by atoms with Gasteiger partial charge in [0.05, 0.1) is 0 Å². The van der Waals surface area contributed by atoms with Gasteiger partial charge in [0.1, 0.15) is 0 Å². The van der Waals surface area contributed by atoms with E-state index in [1.807, 2.05) is 0 Å². The van der Waals surface area contributed by atoms with Gasteiger partial charge in [0.2, 0.25) is 0 Å². The topological polar surface area (TPSA) is 18.5 Å². The first-order chi connectivity index (χ1) is 8.47. The highest BCUT2D eigenvalue weighted by molar-refractivity contribution is 4.70. The monoisotopic (exact) mass is 257 g/mol. The Morgan fingerprint density at radius 2 is 1.72 bits per heavy atom. The van der Waals surface area contributed by atoms with Crippen molar-refractivity contribution in [3.63, 3.8) is 0 Å². The third-order valence-corrected chi connectivity index (χ3v) is 3.28. The van der Waals surface area contributed by atoms with Gasteiger partial charge in [-0.3, -0.25) is 4.90 Å². The molecule has 0 aliphatic rings. The summed E-state index contributed by atoms with van der Waals surface area (Å²) in [5.41, 5.74) is 0. The molecule has 3 heteroatoms. The van der Waals surface area contributed by atoms with E-state index in [9.17, 15) is 0 Å². The molecule has 0 aromatic carbocycles. The summed E-state index contributed by atoms with van der Waals surface area (Å²) < 4.78 is 0. The first-order valence-electron chi connectivity index (χ1n) is 7.56. The fraction of sp³-hybridized carbons (Fsp3) is 1.00. The SMILES string of the molecule is CCNCCCC(C)N(CCN(C)C)CC(C)C. The average molecular weight is 257 g/mol. The maximum absolute atomic E-state index is 3.41. The molecule has 0 rings (SSSR count). The van der Waals surface area contributed by atoms with E-state index in [0.29, 0.717) is 6.04 Å². The van der Waals surface area contributed by atoms with Crippen molar-refractivity contribution >= 4 is 0 Å². The normalized spacial score (nSPS) is 13.8. The lowest BCUT2D eigenvalue weighted by Crippen LogP contribution is -2.40. The number of nitrogens with one attached hydrogen (secondary N) is 1. The number of hydrogen-bond acceptors (Lipinski definition) is 3. The van der Waals surface area contributed by atoms with Crippen LogP contribution in [0.15, 0.2) is 0 Å². The van der Waals surface area contributed by atoms with E-state index in [1.54, 1.807) is 0 Å². The van der Waals surface area contributed by atoms with E-state index < -0.39 is 0 Å². The van der Waals surface area contributed by atoms with Crippen LogP contribution in [-0.2, 0) is 0 Å². The quantitative estimate of drug-likeness (QED) is 0.573. The summed E-state index contributed by atoms with van der Waals surface area (Å²) in [7, 11) is 4.31. The Bertz CT molecular complexity index is 181. The Hall–Kier alpha value is -0.120. The highest BCUT2D eigenvalue weighted by Crippen LogP contribution is 2.09. The van der Waals surface area contributed by atoms with E-state index in [4.69, 9.17) is 0 Å². The van der Waals surface area contributed by atoms with Gasteiger partial charge in [0.25, 0.3) is 0 Å². The van der Waals surface area contributed by atoms with Crippen molar-refractivity contribution in [2.24, 2.45) is 5.92 Å². The first-order valence-corrected chi connectivity index (χ1v) is 7.56. The van der Waals surface area contributed by atoms with Gasteiger partial charge in [0, 0.05) is 25.7 Å². The van der Waals surface area contributed by atoms with Crippen LogP contribution in [0.2, 0.25) is 0 Å². The molecule has 1 N–H and O–H groups in total.